The number of methoxy groups -OCH3 is 1. The number of rotatable bonds is 1. The van der Waals surface area contributed by atoms with Gasteiger partial charge in [0.1, 0.15) is 5.75 Å². The van der Waals surface area contributed by atoms with Crippen molar-refractivity contribution in [3.63, 3.8) is 0 Å². The summed E-state index contributed by atoms with van der Waals surface area (Å²) in [4.78, 5) is 3.01. The summed E-state index contributed by atoms with van der Waals surface area (Å²) in [5.41, 5.74) is 0.811. The first-order valence-corrected chi connectivity index (χ1v) is 4.48. The third-order valence-corrected chi connectivity index (χ3v) is 2.71. The van der Waals surface area contributed by atoms with Gasteiger partial charge in [0.05, 0.1) is 22.7 Å². The van der Waals surface area contributed by atoms with Gasteiger partial charge in [0, 0.05) is 17.6 Å². The normalized spacial score (nSPS) is 10.7. The molecule has 0 saturated heterocycles. The van der Waals surface area contributed by atoms with E-state index in [-0.39, 0.29) is 0 Å². The van der Waals surface area contributed by atoms with E-state index in [1.807, 2.05) is 6.07 Å². The Kier molecular flexibility index (Phi) is 2.10. The zero-order valence-corrected chi connectivity index (χ0v) is 8.41. The van der Waals surface area contributed by atoms with Gasteiger partial charge in [-0.05, 0) is 6.07 Å². The summed E-state index contributed by atoms with van der Waals surface area (Å²) in [6.45, 7) is 0. The number of hydrogen-bond donors (Lipinski definition) is 1. The van der Waals surface area contributed by atoms with Crippen molar-refractivity contribution in [2.45, 2.75) is 0 Å². The molecule has 1 N–H and O–H groups in total. The number of aromatic nitrogens is 1. The van der Waals surface area contributed by atoms with E-state index in [9.17, 15) is 0 Å². The first-order valence-electron chi connectivity index (χ1n) is 3.73. The monoisotopic (exact) mass is 215 g/mol. The Morgan fingerprint density at radius 1 is 1.38 bits per heavy atom. The van der Waals surface area contributed by atoms with Gasteiger partial charge in [-0.1, -0.05) is 23.2 Å². The van der Waals surface area contributed by atoms with Gasteiger partial charge in [-0.25, -0.2) is 0 Å². The molecule has 0 aliphatic heterocycles. The van der Waals surface area contributed by atoms with Gasteiger partial charge in [0.2, 0.25) is 0 Å². The van der Waals surface area contributed by atoms with Crippen molar-refractivity contribution in [1.29, 1.82) is 0 Å². The third-order valence-electron chi connectivity index (χ3n) is 1.92. The summed E-state index contributed by atoms with van der Waals surface area (Å²) in [6, 6.07) is 3.61. The maximum Gasteiger partial charge on any atom is 0.129 e. The van der Waals surface area contributed by atoms with Crippen LogP contribution in [0.2, 0.25) is 10.0 Å². The van der Waals surface area contributed by atoms with Gasteiger partial charge in [-0.15, -0.1) is 0 Å². The van der Waals surface area contributed by atoms with Crippen molar-refractivity contribution in [2.24, 2.45) is 0 Å². The molecule has 0 aliphatic carbocycles. The van der Waals surface area contributed by atoms with Gasteiger partial charge in [-0.3, -0.25) is 0 Å². The molecule has 2 rings (SSSR count). The summed E-state index contributed by atoms with van der Waals surface area (Å²) in [5.74, 6) is 0.727. The number of halogens is 2. The van der Waals surface area contributed by atoms with Crippen LogP contribution in [-0.2, 0) is 0 Å². The smallest absolute Gasteiger partial charge is 0.129 e. The van der Waals surface area contributed by atoms with E-state index in [0.29, 0.717) is 10.0 Å². The summed E-state index contributed by atoms with van der Waals surface area (Å²) in [7, 11) is 1.60. The molecule has 1 heterocycles. The first-order chi connectivity index (χ1) is 6.24. The largest absolute Gasteiger partial charge is 0.496 e. The highest BCUT2D eigenvalue weighted by Crippen LogP contribution is 2.36. The minimum atomic E-state index is 0.494. The SMILES string of the molecule is COc1cc(Cl)c(Cl)c2[nH]ccc12. The molecule has 2 nitrogen and oxygen atoms in total. The van der Waals surface area contributed by atoms with E-state index < -0.39 is 0 Å². The number of nitrogens with one attached hydrogen (secondary N) is 1. The van der Waals surface area contributed by atoms with Crippen LogP contribution in [0.4, 0.5) is 0 Å². The molecule has 68 valence electrons. The molecule has 1 aromatic carbocycles. The van der Waals surface area contributed by atoms with Gasteiger partial charge in [0.15, 0.2) is 0 Å². The summed E-state index contributed by atoms with van der Waals surface area (Å²) in [6.07, 6.45) is 1.80. The average Bonchev–Trinajstić information content (AvgIpc) is 2.60. The number of benzene rings is 1. The van der Waals surface area contributed by atoms with Crippen LogP contribution in [0.1, 0.15) is 0 Å². The highest BCUT2D eigenvalue weighted by Gasteiger charge is 2.09. The van der Waals surface area contributed by atoms with E-state index in [4.69, 9.17) is 27.9 Å². The van der Waals surface area contributed by atoms with Crippen LogP contribution < -0.4 is 4.74 Å². The molecule has 0 bridgehead atoms. The molecule has 0 aliphatic rings. The van der Waals surface area contributed by atoms with Crippen molar-refractivity contribution in [2.75, 3.05) is 7.11 Å². The lowest BCUT2D eigenvalue weighted by Gasteiger charge is -2.04. The second kappa shape index (κ2) is 3.13. The summed E-state index contributed by atoms with van der Waals surface area (Å²) in [5, 5.41) is 1.97. The Morgan fingerprint density at radius 2 is 2.15 bits per heavy atom. The number of fused-ring (bicyclic) bond motifs is 1. The minimum absolute atomic E-state index is 0.494. The minimum Gasteiger partial charge on any atom is -0.496 e. The molecule has 0 saturated carbocycles. The Balaban J connectivity index is 2.87. The fourth-order valence-corrected chi connectivity index (χ4v) is 1.71. The van der Waals surface area contributed by atoms with Crippen molar-refractivity contribution < 1.29 is 4.74 Å². The van der Waals surface area contributed by atoms with Crippen LogP contribution in [0.5, 0.6) is 5.75 Å². The molecular weight excluding hydrogens is 209 g/mol. The van der Waals surface area contributed by atoms with E-state index >= 15 is 0 Å². The van der Waals surface area contributed by atoms with E-state index in [1.54, 1.807) is 19.4 Å². The molecule has 13 heavy (non-hydrogen) atoms. The zero-order chi connectivity index (χ0) is 9.42. The number of ether oxygens (including phenoxy) is 1. The van der Waals surface area contributed by atoms with Gasteiger partial charge < -0.3 is 9.72 Å². The van der Waals surface area contributed by atoms with Crippen LogP contribution in [0.25, 0.3) is 10.9 Å². The highest BCUT2D eigenvalue weighted by molar-refractivity contribution is 6.45. The maximum atomic E-state index is 5.98. The van der Waals surface area contributed by atoms with E-state index in [0.717, 1.165) is 16.7 Å². The summed E-state index contributed by atoms with van der Waals surface area (Å²) >= 11 is 11.9. The Labute approximate surface area is 85.4 Å². The molecule has 0 radical (unpaired) electrons. The number of hydrogen-bond acceptors (Lipinski definition) is 1. The van der Waals surface area contributed by atoms with Crippen LogP contribution in [-0.4, -0.2) is 12.1 Å². The lowest BCUT2D eigenvalue weighted by Crippen LogP contribution is -1.84. The van der Waals surface area contributed by atoms with Crippen LogP contribution in [0, 0.1) is 0 Å². The second-order valence-corrected chi connectivity index (χ2v) is 3.43. The number of H-pyrrole nitrogens is 1. The fraction of sp³-hybridized carbons (Fsp3) is 0.111. The van der Waals surface area contributed by atoms with Crippen LogP contribution in [0.15, 0.2) is 18.3 Å². The lowest BCUT2D eigenvalue weighted by atomic mass is 10.2. The molecule has 0 atom stereocenters. The molecule has 0 spiro atoms. The standard InChI is InChI=1S/C9H7Cl2NO/c1-13-7-4-6(10)8(11)9-5(7)2-3-12-9/h2-4,12H,1H3. The first kappa shape index (κ1) is 8.73. The fourth-order valence-electron chi connectivity index (χ4n) is 1.30. The van der Waals surface area contributed by atoms with Gasteiger partial charge in [-0.2, -0.15) is 0 Å². The number of aromatic amines is 1. The Morgan fingerprint density at radius 3 is 2.85 bits per heavy atom. The predicted molar refractivity (Wildman–Crippen MR) is 54.9 cm³/mol. The predicted octanol–water partition coefficient (Wildman–Crippen LogP) is 3.48. The van der Waals surface area contributed by atoms with Crippen LogP contribution >= 0.6 is 23.2 Å². The quantitative estimate of drug-likeness (QED) is 0.775. The van der Waals surface area contributed by atoms with E-state index in [2.05, 4.69) is 4.98 Å². The highest BCUT2D eigenvalue weighted by atomic mass is 35.5. The van der Waals surface area contributed by atoms with Crippen molar-refractivity contribution in [3.8, 4) is 5.75 Å². The lowest BCUT2D eigenvalue weighted by molar-refractivity contribution is 0.420. The zero-order valence-electron chi connectivity index (χ0n) is 6.90. The maximum absolute atomic E-state index is 5.98. The average molecular weight is 216 g/mol. The molecule has 4 heteroatoms. The van der Waals surface area contributed by atoms with Crippen LogP contribution in [0.3, 0.4) is 0 Å². The van der Waals surface area contributed by atoms with Crippen molar-refractivity contribution >= 4 is 34.1 Å². The molecular formula is C9H7Cl2NO. The topological polar surface area (TPSA) is 25.0 Å². The molecule has 1 aromatic heterocycles. The van der Waals surface area contributed by atoms with Gasteiger partial charge in [0.25, 0.3) is 0 Å². The molecule has 0 unspecified atom stereocenters. The third kappa shape index (κ3) is 1.26. The Bertz CT molecular complexity index is 450. The molecule has 0 amide bonds. The summed E-state index contributed by atoms with van der Waals surface area (Å²) < 4.78 is 5.16. The van der Waals surface area contributed by atoms with Crippen molar-refractivity contribution in [1.82, 2.24) is 4.98 Å². The molecule has 2 aromatic rings. The van der Waals surface area contributed by atoms with Crippen molar-refractivity contribution in [3.05, 3.63) is 28.4 Å². The van der Waals surface area contributed by atoms with Gasteiger partial charge >= 0.3 is 0 Å². The Hall–Kier alpha value is -0.860. The van der Waals surface area contributed by atoms with E-state index in [1.165, 1.54) is 0 Å². The second-order valence-electron chi connectivity index (χ2n) is 2.64. The molecule has 0 fully saturated rings.